The van der Waals surface area contributed by atoms with Crippen molar-refractivity contribution in [3.63, 3.8) is 0 Å². The zero-order valence-corrected chi connectivity index (χ0v) is 17.2. The first-order valence-corrected chi connectivity index (χ1v) is 9.86. The molecule has 0 saturated carbocycles. The molecule has 1 aromatic carbocycles. The number of piperazine rings is 1. The smallest absolute Gasteiger partial charge is 0.311 e. The van der Waals surface area contributed by atoms with Crippen LogP contribution in [0.5, 0.6) is 0 Å². The lowest BCUT2D eigenvalue weighted by Gasteiger charge is -2.34. The Balaban J connectivity index is 1.78. The predicted molar refractivity (Wildman–Crippen MR) is 109 cm³/mol. The standard InChI is InChI=1S/C18H26N4OS2/c1-12-10-14-15(25-16(20-14)18(2,3)4)11-13(12)21-17(24)23-22(5)8-6-19-7-9-22/h10-11,19H,6-9H2,1-5H3/p+1. The van der Waals surface area contributed by atoms with Gasteiger partial charge >= 0.3 is 5.17 Å². The molecule has 1 aromatic heterocycles. The van der Waals surface area contributed by atoms with Crippen molar-refractivity contribution in [1.29, 1.82) is 0 Å². The molecule has 2 aromatic rings. The first kappa shape index (κ1) is 18.5. The Morgan fingerprint density at radius 1 is 1.32 bits per heavy atom. The number of aromatic nitrogens is 1. The monoisotopic (exact) mass is 379 g/mol. The minimum atomic E-state index is 0.0602. The molecular weight excluding hydrogens is 352 g/mol. The lowest BCUT2D eigenvalue weighted by atomic mass is 9.98. The highest BCUT2D eigenvalue weighted by molar-refractivity contribution is 7.80. The van der Waals surface area contributed by atoms with Gasteiger partial charge in [-0.1, -0.05) is 20.8 Å². The Morgan fingerprint density at radius 3 is 2.64 bits per heavy atom. The van der Waals surface area contributed by atoms with E-state index in [9.17, 15) is 0 Å². The molecule has 0 unspecified atom stereocenters. The van der Waals surface area contributed by atoms with Gasteiger partial charge in [0.1, 0.15) is 20.1 Å². The lowest BCUT2D eigenvalue weighted by molar-refractivity contribution is -1.07. The van der Waals surface area contributed by atoms with Gasteiger partial charge in [-0.15, -0.1) is 16.0 Å². The van der Waals surface area contributed by atoms with Gasteiger partial charge < -0.3 is 10.6 Å². The highest BCUT2D eigenvalue weighted by Crippen LogP contribution is 2.34. The number of aryl methyl sites for hydroxylation is 1. The Kier molecular flexibility index (Phi) is 5.03. The van der Waals surface area contributed by atoms with Crippen molar-refractivity contribution in [3.05, 3.63) is 22.7 Å². The fourth-order valence-electron chi connectivity index (χ4n) is 2.83. The summed E-state index contributed by atoms with van der Waals surface area (Å²) in [6, 6.07) is 4.25. The van der Waals surface area contributed by atoms with Gasteiger partial charge in [-0.05, 0) is 36.8 Å². The van der Waals surface area contributed by atoms with Gasteiger partial charge in [0.15, 0.2) is 0 Å². The first-order valence-electron chi connectivity index (χ1n) is 8.64. The molecule has 25 heavy (non-hydrogen) atoms. The van der Waals surface area contributed by atoms with E-state index in [0.717, 1.165) is 48.0 Å². The number of benzene rings is 1. The summed E-state index contributed by atoms with van der Waals surface area (Å²) in [5.41, 5.74) is 3.21. The molecule has 0 radical (unpaired) electrons. The Bertz CT molecular complexity index is 788. The van der Waals surface area contributed by atoms with Crippen LogP contribution in [0.1, 0.15) is 31.3 Å². The molecule has 1 saturated heterocycles. The molecule has 136 valence electrons. The largest absolute Gasteiger partial charge is 0.326 e. The third kappa shape index (κ3) is 4.28. The number of hydrogen-bond acceptors (Lipinski definition) is 5. The van der Waals surface area contributed by atoms with Gasteiger partial charge in [-0.25, -0.2) is 4.98 Å². The van der Waals surface area contributed by atoms with Crippen LogP contribution in [0.2, 0.25) is 0 Å². The summed E-state index contributed by atoms with van der Waals surface area (Å²) in [4.78, 5) is 10.8. The van der Waals surface area contributed by atoms with Crippen LogP contribution in [-0.2, 0) is 10.3 Å². The van der Waals surface area contributed by atoms with Crippen molar-refractivity contribution in [2.24, 2.45) is 0 Å². The maximum atomic E-state index is 6.01. The van der Waals surface area contributed by atoms with Gasteiger partial charge in [0.25, 0.3) is 0 Å². The summed E-state index contributed by atoms with van der Waals surface area (Å²) in [7, 11) is 2.07. The van der Waals surface area contributed by atoms with E-state index >= 15 is 0 Å². The van der Waals surface area contributed by atoms with E-state index in [-0.39, 0.29) is 5.41 Å². The molecule has 5 nitrogen and oxygen atoms in total. The summed E-state index contributed by atoms with van der Waals surface area (Å²) in [6.07, 6.45) is 0. The van der Waals surface area contributed by atoms with Gasteiger partial charge in [-0.2, -0.15) is 0 Å². The minimum Gasteiger partial charge on any atom is -0.311 e. The number of thiocarbonyl (C=S) groups is 1. The highest BCUT2D eigenvalue weighted by Gasteiger charge is 2.29. The molecule has 0 amide bonds. The number of thiazole rings is 1. The number of fused-ring (bicyclic) bond motifs is 1. The number of nitrogens with zero attached hydrogens (tertiary/aromatic N) is 2. The maximum Gasteiger partial charge on any atom is 0.326 e. The van der Waals surface area contributed by atoms with E-state index in [2.05, 4.69) is 57.5 Å². The van der Waals surface area contributed by atoms with Crippen LogP contribution in [0.15, 0.2) is 12.1 Å². The predicted octanol–water partition coefficient (Wildman–Crippen LogP) is 3.58. The third-order valence-electron chi connectivity index (χ3n) is 4.44. The topological polar surface area (TPSA) is 46.2 Å². The van der Waals surface area contributed by atoms with E-state index in [0.29, 0.717) is 9.82 Å². The second-order valence-electron chi connectivity index (χ2n) is 7.90. The normalized spacial score (nSPS) is 17.5. The van der Waals surface area contributed by atoms with Crippen LogP contribution in [0, 0.1) is 6.92 Å². The summed E-state index contributed by atoms with van der Waals surface area (Å²) in [5, 5.41) is 8.19. The molecule has 1 aliphatic rings. The van der Waals surface area contributed by atoms with E-state index < -0.39 is 0 Å². The number of anilines is 1. The average molecular weight is 380 g/mol. The Hall–Kier alpha value is -1.28. The second kappa shape index (κ2) is 6.79. The molecule has 1 fully saturated rings. The second-order valence-corrected chi connectivity index (χ2v) is 9.30. The molecular formula is C18H27N4OS2+. The van der Waals surface area contributed by atoms with Crippen molar-refractivity contribution in [2.45, 2.75) is 33.1 Å². The van der Waals surface area contributed by atoms with Crippen molar-refractivity contribution in [1.82, 2.24) is 10.3 Å². The van der Waals surface area contributed by atoms with Crippen LogP contribution in [0.3, 0.4) is 0 Å². The molecule has 0 aliphatic carbocycles. The molecule has 2 heterocycles. The zero-order valence-electron chi connectivity index (χ0n) is 15.6. The number of nitrogens with one attached hydrogen (secondary N) is 2. The molecule has 7 heteroatoms. The average Bonchev–Trinajstić information content (AvgIpc) is 2.90. The maximum absolute atomic E-state index is 6.01. The first-order chi connectivity index (χ1) is 11.7. The number of likely N-dealkylation sites (N-methyl/N-ethyl adjacent to an activating group) is 1. The van der Waals surface area contributed by atoms with Gasteiger partial charge in [-0.3, -0.25) is 4.84 Å². The summed E-state index contributed by atoms with van der Waals surface area (Å²) < 4.78 is 1.68. The van der Waals surface area contributed by atoms with Crippen LogP contribution in [0.25, 0.3) is 10.2 Å². The number of hydroxylamine groups is 3. The number of hydrogen-bond donors (Lipinski definition) is 2. The van der Waals surface area contributed by atoms with Crippen LogP contribution >= 0.6 is 23.6 Å². The molecule has 1 aliphatic heterocycles. The van der Waals surface area contributed by atoms with Crippen molar-refractivity contribution >= 4 is 44.6 Å². The van der Waals surface area contributed by atoms with E-state index in [1.165, 1.54) is 4.70 Å². The quantitative estimate of drug-likeness (QED) is 0.617. The summed E-state index contributed by atoms with van der Waals surface area (Å²) >= 11 is 7.20. The lowest BCUT2D eigenvalue weighted by Crippen LogP contribution is -2.57. The summed E-state index contributed by atoms with van der Waals surface area (Å²) in [5.74, 6) is 0. The summed E-state index contributed by atoms with van der Waals surface area (Å²) in [6.45, 7) is 12.3. The van der Waals surface area contributed by atoms with E-state index in [4.69, 9.17) is 22.0 Å². The SMILES string of the molecule is Cc1cc2nc(C(C)(C)C)sc2cc1NC(=S)O[N+]1(C)CCNCC1. The molecule has 0 atom stereocenters. The molecule has 0 spiro atoms. The van der Waals surface area contributed by atoms with E-state index in [1.807, 2.05) is 0 Å². The van der Waals surface area contributed by atoms with Crippen LogP contribution in [-0.4, -0.2) is 48.0 Å². The number of quaternary nitrogens is 1. The fourth-order valence-corrected chi connectivity index (χ4v) is 4.16. The van der Waals surface area contributed by atoms with Crippen LogP contribution in [0.4, 0.5) is 5.69 Å². The fraction of sp³-hybridized carbons (Fsp3) is 0.556. The molecule has 2 N–H and O–H groups in total. The zero-order chi connectivity index (χ0) is 18.2. The highest BCUT2D eigenvalue weighted by atomic mass is 32.1. The van der Waals surface area contributed by atoms with Crippen molar-refractivity contribution in [3.8, 4) is 0 Å². The third-order valence-corrected chi connectivity index (χ3v) is 6.06. The Morgan fingerprint density at radius 2 is 2.00 bits per heavy atom. The van der Waals surface area contributed by atoms with E-state index in [1.54, 1.807) is 11.3 Å². The van der Waals surface area contributed by atoms with Gasteiger partial charge in [0.05, 0.1) is 15.2 Å². The molecule has 0 bridgehead atoms. The van der Waals surface area contributed by atoms with Gasteiger partial charge in [0.2, 0.25) is 0 Å². The van der Waals surface area contributed by atoms with Gasteiger partial charge in [0, 0.05) is 24.2 Å². The minimum absolute atomic E-state index is 0.0602. The number of rotatable bonds is 2. The van der Waals surface area contributed by atoms with Crippen molar-refractivity contribution < 1.29 is 9.48 Å². The van der Waals surface area contributed by atoms with Crippen LogP contribution < -0.4 is 10.6 Å². The Labute approximate surface area is 158 Å². The van der Waals surface area contributed by atoms with Crippen molar-refractivity contribution in [2.75, 3.05) is 38.5 Å². The molecule has 3 rings (SSSR count).